The molecular formula is C11H14N2S. The Kier molecular flexibility index (Phi) is 2.19. The fraction of sp³-hybridized carbons (Fsp3) is 0.364. The van der Waals surface area contributed by atoms with Crippen LogP contribution in [0.25, 0.3) is 11.0 Å². The van der Waals surface area contributed by atoms with Crippen LogP contribution < -0.4 is 0 Å². The lowest BCUT2D eigenvalue weighted by Crippen LogP contribution is -1.90. The zero-order chi connectivity index (χ0) is 10.3. The lowest BCUT2D eigenvalue weighted by molar-refractivity contribution is 0.864. The second-order valence-corrected chi connectivity index (χ2v) is 4.31. The van der Waals surface area contributed by atoms with Crippen LogP contribution in [0.15, 0.2) is 18.2 Å². The maximum absolute atomic E-state index is 5.17. The topological polar surface area (TPSA) is 20.7 Å². The molecule has 3 heteroatoms. The van der Waals surface area contributed by atoms with E-state index in [9.17, 15) is 0 Å². The Morgan fingerprint density at radius 3 is 2.71 bits per heavy atom. The summed E-state index contributed by atoms with van der Waals surface area (Å²) in [6.45, 7) is 4.39. The van der Waals surface area contributed by atoms with Gasteiger partial charge in [0.2, 0.25) is 0 Å². The summed E-state index contributed by atoms with van der Waals surface area (Å²) in [6, 6.07) is 6.45. The van der Waals surface area contributed by atoms with Crippen molar-refractivity contribution in [2.24, 2.45) is 7.05 Å². The standard InChI is InChI=1S/C11H14N2S/c1-7(2)8-4-5-9-10(6-8)13(3)11(14)12-9/h4-7H,1-3H3,(H,12,14). The Morgan fingerprint density at radius 1 is 1.36 bits per heavy atom. The van der Waals surface area contributed by atoms with Crippen molar-refractivity contribution >= 4 is 23.3 Å². The summed E-state index contributed by atoms with van der Waals surface area (Å²) >= 11 is 5.17. The number of aromatic nitrogens is 2. The van der Waals surface area contributed by atoms with Gasteiger partial charge < -0.3 is 9.55 Å². The molecule has 1 N–H and O–H groups in total. The van der Waals surface area contributed by atoms with Crippen LogP contribution >= 0.6 is 12.2 Å². The van der Waals surface area contributed by atoms with Crippen LogP contribution in [-0.2, 0) is 7.05 Å². The Hall–Kier alpha value is -1.09. The first-order valence-electron chi connectivity index (χ1n) is 4.78. The van der Waals surface area contributed by atoms with Crippen molar-refractivity contribution in [2.45, 2.75) is 19.8 Å². The van der Waals surface area contributed by atoms with Gasteiger partial charge in [0.15, 0.2) is 4.77 Å². The molecule has 2 rings (SSSR count). The van der Waals surface area contributed by atoms with Crippen molar-refractivity contribution in [2.75, 3.05) is 0 Å². The van der Waals surface area contributed by atoms with Gasteiger partial charge in [0.1, 0.15) is 0 Å². The third kappa shape index (κ3) is 1.38. The van der Waals surface area contributed by atoms with E-state index in [4.69, 9.17) is 12.2 Å². The predicted molar refractivity (Wildman–Crippen MR) is 62.2 cm³/mol. The van der Waals surface area contributed by atoms with Crippen LogP contribution in [0, 0.1) is 4.77 Å². The summed E-state index contributed by atoms with van der Waals surface area (Å²) < 4.78 is 2.79. The van der Waals surface area contributed by atoms with Crippen molar-refractivity contribution in [3.8, 4) is 0 Å². The third-order valence-electron chi connectivity index (χ3n) is 2.60. The number of nitrogens with zero attached hydrogens (tertiary/aromatic N) is 1. The summed E-state index contributed by atoms with van der Waals surface area (Å²) in [6.07, 6.45) is 0. The molecule has 0 saturated heterocycles. The first-order chi connectivity index (χ1) is 6.59. The Morgan fingerprint density at radius 2 is 2.07 bits per heavy atom. The van der Waals surface area contributed by atoms with Crippen LogP contribution in [0.1, 0.15) is 25.3 Å². The van der Waals surface area contributed by atoms with E-state index in [1.165, 1.54) is 11.1 Å². The van der Waals surface area contributed by atoms with Crippen LogP contribution in [-0.4, -0.2) is 9.55 Å². The van der Waals surface area contributed by atoms with Gasteiger partial charge in [0.05, 0.1) is 11.0 Å². The number of hydrogen-bond acceptors (Lipinski definition) is 1. The highest BCUT2D eigenvalue weighted by Gasteiger charge is 2.04. The highest BCUT2D eigenvalue weighted by Crippen LogP contribution is 2.20. The van der Waals surface area contributed by atoms with Crippen molar-refractivity contribution in [3.63, 3.8) is 0 Å². The molecule has 0 spiro atoms. The Bertz CT molecular complexity index is 520. The zero-order valence-corrected chi connectivity index (χ0v) is 9.48. The SMILES string of the molecule is CC(C)c1ccc2[nH]c(=S)n(C)c2c1. The van der Waals surface area contributed by atoms with Gasteiger partial charge in [-0.2, -0.15) is 0 Å². The fourth-order valence-corrected chi connectivity index (χ4v) is 1.81. The summed E-state index contributed by atoms with van der Waals surface area (Å²) in [5.74, 6) is 0.558. The van der Waals surface area contributed by atoms with Crippen molar-refractivity contribution in [3.05, 3.63) is 28.5 Å². The van der Waals surface area contributed by atoms with Gasteiger partial charge in [-0.1, -0.05) is 19.9 Å². The summed E-state index contributed by atoms with van der Waals surface area (Å²) in [5.41, 5.74) is 3.64. The summed E-state index contributed by atoms with van der Waals surface area (Å²) in [7, 11) is 1.99. The first-order valence-corrected chi connectivity index (χ1v) is 5.19. The minimum atomic E-state index is 0.558. The van der Waals surface area contributed by atoms with E-state index in [0.29, 0.717) is 5.92 Å². The molecule has 0 unspecified atom stereocenters. The molecule has 0 fully saturated rings. The molecular weight excluding hydrogens is 192 g/mol. The number of H-pyrrole nitrogens is 1. The number of nitrogens with one attached hydrogen (secondary N) is 1. The molecule has 0 radical (unpaired) electrons. The summed E-state index contributed by atoms with van der Waals surface area (Å²) in [5, 5.41) is 0. The molecule has 1 aromatic heterocycles. The van der Waals surface area contributed by atoms with E-state index in [2.05, 4.69) is 37.0 Å². The number of rotatable bonds is 1. The second-order valence-electron chi connectivity index (χ2n) is 3.92. The van der Waals surface area contributed by atoms with Gasteiger partial charge in [-0.15, -0.1) is 0 Å². The molecule has 0 aliphatic rings. The fourth-order valence-electron chi connectivity index (χ4n) is 1.60. The van der Waals surface area contributed by atoms with Crippen molar-refractivity contribution in [1.29, 1.82) is 0 Å². The predicted octanol–water partition coefficient (Wildman–Crippen LogP) is 3.36. The Balaban J connectivity index is 2.76. The minimum absolute atomic E-state index is 0.558. The van der Waals surface area contributed by atoms with Crippen molar-refractivity contribution < 1.29 is 0 Å². The normalized spacial score (nSPS) is 11.4. The first kappa shape index (κ1) is 9.46. The van der Waals surface area contributed by atoms with E-state index in [1.54, 1.807) is 0 Å². The maximum atomic E-state index is 5.17. The molecule has 0 atom stereocenters. The molecule has 0 bridgehead atoms. The molecule has 74 valence electrons. The highest BCUT2D eigenvalue weighted by molar-refractivity contribution is 7.71. The molecule has 2 nitrogen and oxygen atoms in total. The molecule has 0 saturated carbocycles. The molecule has 1 heterocycles. The van der Waals surface area contributed by atoms with Crippen LogP contribution in [0.3, 0.4) is 0 Å². The maximum Gasteiger partial charge on any atom is 0.177 e. The number of benzene rings is 1. The Labute approximate surface area is 88.6 Å². The van der Waals surface area contributed by atoms with E-state index >= 15 is 0 Å². The smallest absolute Gasteiger partial charge is 0.177 e. The zero-order valence-electron chi connectivity index (χ0n) is 8.66. The molecule has 2 aromatic rings. The van der Waals surface area contributed by atoms with Gasteiger partial charge >= 0.3 is 0 Å². The largest absolute Gasteiger partial charge is 0.331 e. The second kappa shape index (κ2) is 3.24. The summed E-state index contributed by atoms with van der Waals surface area (Å²) in [4.78, 5) is 3.17. The number of hydrogen-bond donors (Lipinski definition) is 1. The van der Waals surface area contributed by atoms with E-state index in [1.807, 2.05) is 11.6 Å². The van der Waals surface area contributed by atoms with Crippen LogP contribution in [0.2, 0.25) is 0 Å². The number of aromatic amines is 1. The monoisotopic (exact) mass is 206 g/mol. The highest BCUT2D eigenvalue weighted by atomic mass is 32.1. The molecule has 0 amide bonds. The van der Waals surface area contributed by atoms with E-state index < -0.39 is 0 Å². The van der Waals surface area contributed by atoms with Gasteiger partial charge in [0, 0.05) is 7.05 Å². The van der Waals surface area contributed by atoms with E-state index in [0.717, 1.165) is 10.3 Å². The molecule has 1 aromatic carbocycles. The number of imidazole rings is 1. The van der Waals surface area contributed by atoms with Crippen molar-refractivity contribution in [1.82, 2.24) is 9.55 Å². The number of fused-ring (bicyclic) bond motifs is 1. The molecule has 14 heavy (non-hydrogen) atoms. The van der Waals surface area contributed by atoms with Gasteiger partial charge in [-0.25, -0.2) is 0 Å². The average molecular weight is 206 g/mol. The molecule has 0 aliphatic carbocycles. The van der Waals surface area contributed by atoms with Crippen LogP contribution in [0.5, 0.6) is 0 Å². The van der Waals surface area contributed by atoms with Crippen LogP contribution in [0.4, 0.5) is 0 Å². The molecule has 0 aliphatic heterocycles. The quantitative estimate of drug-likeness (QED) is 0.709. The van der Waals surface area contributed by atoms with Gasteiger partial charge in [-0.3, -0.25) is 0 Å². The minimum Gasteiger partial charge on any atom is -0.331 e. The lowest BCUT2D eigenvalue weighted by Gasteiger charge is -2.05. The lowest BCUT2D eigenvalue weighted by atomic mass is 10.0. The van der Waals surface area contributed by atoms with Gasteiger partial charge in [0.25, 0.3) is 0 Å². The average Bonchev–Trinajstić information content (AvgIpc) is 2.43. The van der Waals surface area contributed by atoms with Gasteiger partial charge in [-0.05, 0) is 35.8 Å². The number of aryl methyl sites for hydroxylation is 1. The van der Waals surface area contributed by atoms with E-state index in [-0.39, 0.29) is 0 Å². The third-order valence-corrected chi connectivity index (χ3v) is 2.97.